The van der Waals surface area contributed by atoms with Crippen LogP contribution in [0.15, 0.2) is 41.3 Å². The fourth-order valence-electron chi connectivity index (χ4n) is 1.66. The van der Waals surface area contributed by atoms with Crippen molar-refractivity contribution >= 4 is 38.3 Å². The van der Waals surface area contributed by atoms with Crippen molar-refractivity contribution in [3.05, 3.63) is 57.2 Å². The summed E-state index contributed by atoms with van der Waals surface area (Å²) in [7, 11) is -4.10. The predicted molar refractivity (Wildman–Crippen MR) is 84.2 cm³/mol. The van der Waals surface area contributed by atoms with E-state index < -0.39 is 26.6 Å². The molecule has 0 amide bonds. The molecule has 2 aromatic carbocycles. The van der Waals surface area contributed by atoms with Crippen molar-refractivity contribution in [1.82, 2.24) is 0 Å². The molecule has 0 heterocycles. The van der Waals surface area contributed by atoms with Crippen LogP contribution in [0.25, 0.3) is 0 Å². The van der Waals surface area contributed by atoms with E-state index in [0.29, 0.717) is 9.13 Å². The number of hydrogen-bond acceptors (Lipinski definition) is 3. The van der Waals surface area contributed by atoms with Gasteiger partial charge >= 0.3 is 0 Å². The van der Waals surface area contributed by atoms with Crippen LogP contribution in [0, 0.1) is 15.2 Å². The van der Waals surface area contributed by atoms with E-state index in [1.54, 1.807) is 22.6 Å². The molecule has 0 aliphatic heterocycles. The van der Waals surface area contributed by atoms with Gasteiger partial charge < -0.3 is 5.73 Å². The van der Waals surface area contributed by atoms with Gasteiger partial charge in [0, 0.05) is 10.1 Å². The lowest BCUT2D eigenvalue weighted by Crippen LogP contribution is -2.16. The van der Waals surface area contributed by atoms with Gasteiger partial charge in [-0.3, -0.25) is 4.72 Å². The minimum atomic E-state index is -4.10. The van der Waals surface area contributed by atoms with Crippen LogP contribution in [0.4, 0.5) is 14.5 Å². The van der Waals surface area contributed by atoms with E-state index in [2.05, 4.69) is 4.72 Å². The summed E-state index contributed by atoms with van der Waals surface area (Å²) < 4.78 is 53.8. The second-order valence-corrected chi connectivity index (χ2v) is 7.01. The summed E-state index contributed by atoms with van der Waals surface area (Å²) in [5.41, 5.74) is 6.04. The first-order chi connectivity index (χ1) is 9.83. The Hall–Kier alpha value is -1.26. The Morgan fingerprint density at radius 2 is 1.86 bits per heavy atom. The quantitative estimate of drug-likeness (QED) is 0.742. The average Bonchev–Trinajstić information content (AvgIpc) is 2.41. The standard InChI is InChI=1S/C13H11F2IN2O2S/c14-9-2-3-12(11(16)6-9)18-21(19,20)13-4-1-8(7-17)5-10(13)15/h1-6,18H,7,17H2. The van der Waals surface area contributed by atoms with Crippen molar-refractivity contribution in [1.29, 1.82) is 0 Å². The molecule has 0 fully saturated rings. The van der Waals surface area contributed by atoms with Crippen LogP contribution in [0.3, 0.4) is 0 Å². The Kier molecular flexibility index (Phi) is 4.79. The zero-order chi connectivity index (χ0) is 15.6. The van der Waals surface area contributed by atoms with Gasteiger partial charge in [-0.2, -0.15) is 0 Å². The van der Waals surface area contributed by atoms with Crippen molar-refractivity contribution in [2.75, 3.05) is 4.72 Å². The van der Waals surface area contributed by atoms with Crippen LogP contribution in [0.1, 0.15) is 5.56 Å². The van der Waals surface area contributed by atoms with Crippen LogP contribution in [0.2, 0.25) is 0 Å². The summed E-state index contributed by atoms with van der Waals surface area (Å²) in [6.45, 7) is 0.112. The van der Waals surface area contributed by atoms with E-state index in [1.807, 2.05) is 0 Å². The molecular formula is C13H11F2IN2O2S. The lowest BCUT2D eigenvalue weighted by Gasteiger charge is -2.11. The highest BCUT2D eigenvalue weighted by atomic mass is 127. The second kappa shape index (κ2) is 6.24. The Labute approximate surface area is 134 Å². The minimum absolute atomic E-state index is 0.112. The molecule has 0 aromatic heterocycles. The molecule has 2 rings (SSSR count). The number of hydrogen-bond donors (Lipinski definition) is 2. The van der Waals surface area contributed by atoms with Crippen molar-refractivity contribution in [3.8, 4) is 0 Å². The third-order valence-corrected chi connectivity index (χ3v) is 4.99. The topological polar surface area (TPSA) is 72.2 Å². The third kappa shape index (κ3) is 3.69. The Bertz CT molecular complexity index is 782. The number of rotatable bonds is 4. The fraction of sp³-hybridized carbons (Fsp3) is 0.0769. The number of nitrogens with one attached hydrogen (secondary N) is 1. The van der Waals surface area contributed by atoms with Gasteiger partial charge in [-0.05, 0) is 58.5 Å². The molecular weight excluding hydrogens is 413 g/mol. The molecule has 0 unspecified atom stereocenters. The van der Waals surface area contributed by atoms with Crippen molar-refractivity contribution in [3.63, 3.8) is 0 Å². The molecule has 2 aromatic rings. The lowest BCUT2D eigenvalue weighted by atomic mass is 10.2. The van der Waals surface area contributed by atoms with Crippen molar-refractivity contribution < 1.29 is 17.2 Å². The molecule has 0 radical (unpaired) electrons. The van der Waals surface area contributed by atoms with E-state index in [4.69, 9.17) is 5.73 Å². The molecule has 0 spiro atoms. The smallest absolute Gasteiger partial charge is 0.264 e. The molecule has 3 N–H and O–H groups in total. The SMILES string of the molecule is NCc1ccc(S(=O)(=O)Nc2ccc(F)cc2I)c(F)c1. The Morgan fingerprint density at radius 1 is 1.14 bits per heavy atom. The molecule has 0 saturated carbocycles. The maximum absolute atomic E-state index is 13.9. The molecule has 0 atom stereocenters. The molecule has 8 heteroatoms. The number of sulfonamides is 1. The van der Waals surface area contributed by atoms with Gasteiger partial charge in [0.1, 0.15) is 16.5 Å². The van der Waals surface area contributed by atoms with E-state index in [-0.39, 0.29) is 12.2 Å². The zero-order valence-corrected chi connectivity index (χ0v) is 13.6. The summed E-state index contributed by atoms with van der Waals surface area (Å²) >= 11 is 1.79. The van der Waals surface area contributed by atoms with Crippen LogP contribution in [-0.4, -0.2) is 8.42 Å². The number of halogens is 3. The van der Waals surface area contributed by atoms with Gasteiger partial charge in [-0.1, -0.05) is 6.07 Å². The van der Waals surface area contributed by atoms with Gasteiger partial charge in [0.2, 0.25) is 0 Å². The van der Waals surface area contributed by atoms with Gasteiger partial charge in [-0.15, -0.1) is 0 Å². The molecule has 0 saturated heterocycles. The lowest BCUT2D eigenvalue weighted by molar-refractivity contribution is 0.569. The summed E-state index contributed by atoms with van der Waals surface area (Å²) in [5.74, 6) is -1.37. The molecule has 21 heavy (non-hydrogen) atoms. The summed E-state index contributed by atoms with van der Waals surface area (Å²) in [6, 6.07) is 7.23. The van der Waals surface area contributed by atoms with E-state index in [1.165, 1.54) is 18.2 Å². The molecule has 4 nitrogen and oxygen atoms in total. The molecule has 112 valence electrons. The van der Waals surface area contributed by atoms with E-state index in [9.17, 15) is 17.2 Å². The highest BCUT2D eigenvalue weighted by molar-refractivity contribution is 14.1. The van der Waals surface area contributed by atoms with E-state index in [0.717, 1.165) is 18.2 Å². The van der Waals surface area contributed by atoms with Crippen molar-refractivity contribution in [2.24, 2.45) is 5.73 Å². The van der Waals surface area contributed by atoms with Gasteiger partial charge in [-0.25, -0.2) is 17.2 Å². The van der Waals surface area contributed by atoms with Gasteiger partial charge in [0.15, 0.2) is 0 Å². The monoisotopic (exact) mass is 424 g/mol. The summed E-state index contributed by atoms with van der Waals surface area (Å²) in [6.07, 6.45) is 0. The summed E-state index contributed by atoms with van der Waals surface area (Å²) in [5, 5.41) is 0. The van der Waals surface area contributed by atoms with E-state index >= 15 is 0 Å². The highest BCUT2D eigenvalue weighted by Crippen LogP contribution is 2.24. The highest BCUT2D eigenvalue weighted by Gasteiger charge is 2.20. The van der Waals surface area contributed by atoms with Crippen LogP contribution in [-0.2, 0) is 16.6 Å². The Morgan fingerprint density at radius 3 is 2.43 bits per heavy atom. The first kappa shape index (κ1) is 16.1. The second-order valence-electron chi connectivity index (χ2n) is 4.20. The fourth-order valence-corrected chi connectivity index (χ4v) is 3.60. The average molecular weight is 424 g/mol. The van der Waals surface area contributed by atoms with Crippen LogP contribution in [0.5, 0.6) is 0 Å². The largest absolute Gasteiger partial charge is 0.326 e. The van der Waals surface area contributed by atoms with Gasteiger partial charge in [0.05, 0.1) is 5.69 Å². The first-order valence-corrected chi connectivity index (χ1v) is 8.36. The zero-order valence-electron chi connectivity index (χ0n) is 10.6. The van der Waals surface area contributed by atoms with Crippen molar-refractivity contribution in [2.45, 2.75) is 11.4 Å². The molecule has 0 aliphatic carbocycles. The van der Waals surface area contributed by atoms with Gasteiger partial charge in [0.25, 0.3) is 10.0 Å². The Balaban J connectivity index is 2.38. The maximum Gasteiger partial charge on any atom is 0.264 e. The predicted octanol–water partition coefficient (Wildman–Crippen LogP) is 2.83. The number of anilines is 1. The summed E-state index contributed by atoms with van der Waals surface area (Å²) in [4.78, 5) is -0.486. The number of benzene rings is 2. The maximum atomic E-state index is 13.9. The minimum Gasteiger partial charge on any atom is -0.326 e. The normalized spacial score (nSPS) is 11.4. The first-order valence-electron chi connectivity index (χ1n) is 5.80. The third-order valence-electron chi connectivity index (χ3n) is 2.70. The molecule has 0 bridgehead atoms. The van der Waals surface area contributed by atoms with Crippen LogP contribution < -0.4 is 10.5 Å². The number of nitrogens with two attached hydrogens (primary N) is 1. The molecule has 0 aliphatic rings. The van der Waals surface area contributed by atoms with Crippen LogP contribution >= 0.6 is 22.6 Å².